The van der Waals surface area contributed by atoms with Crippen LogP contribution in [0.1, 0.15) is 53.9 Å². The van der Waals surface area contributed by atoms with Crippen LogP contribution < -0.4 is 25.5 Å². The molecule has 13 nitrogen and oxygen atoms in total. The van der Waals surface area contributed by atoms with E-state index in [0.717, 1.165) is 22.0 Å². The van der Waals surface area contributed by atoms with Crippen LogP contribution in [0.5, 0.6) is 11.5 Å². The number of urea groups is 1. The monoisotopic (exact) mass is 667 g/mol. The summed E-state index contributed by atoms with van der Waals surface area (Å²) in [7, 11) is 1.44. The van der Waals surface area contributed by atoms with Crippen LogP contribution in [0.15, 0.2) is 89.3 Å². The van der Waals surface area contributed by atoms with E-state index in [1.807, 2.05) is 42.6 Å². The van der Waals surface area contributed by atoms with E-state index >= 15 is 0 Å². The van der Waals surface area contributed by atoms with Crippen molar-refractivity contribution in [1.82, 2.24) is 20.6 Å². The van der Waals surface area contributed by atoms with Crippen molar-refractivity contribution >= 4 is 41.0 Å². The first-order chi connectivity index (χ1) is 23.7. The molecule has 0 saturated heterocycles. The zero-order valence-electron chi connectivity index (χ0n) is 27.6. The minimum atomic E-state index is -0.781. The maximum absolute atomic E-state index is 12.7. The van der Waals surface area contributed by atoms with Crippen LogP contribution in [0.25, 0.3) is 10.9 Å². The van der Waals surface area contributed by atoms with Crippen molar-refractivity contribution in [1.29, 1.82) is 0 Å². The molecule has 1 aromatic heterocycles. The lowest BCUT2D eigenvalue weighted by atomic mass is 9.95. The Morgan fingerprint density at radius 1 is 0.959 bits per heavy atom. The predicted molar refractivity (Wildman–Crippen MR) is 181 cm³/mol. The van der Waals surface area contributed by atoms with E-state index in [1.54, 1.807) is 57.3 Å². The molecule has 13 heteroatoms. The molecule has 3 aromatic carbocycles. The zero-order valence-corrected chi connectivity index (χ0v) is 27.6. The Morgan fingerprint density at radius 2 is 1.69 bits per heavy atom. The number of nitrogens with one attached hydrogen (secondary N) is 3. The van der Waals surface area contributed by atoms with E-state index in [0.29, 0.717) is 35.7 Å². The molecule has 0 unspecified atom stereocenters. The highest BCUT2D eigenvalue weighted by molar-refractivity contribution is 6.00. The van der Waals surface area contributed by atoms with Gasteiger partial charge >= 0.3 is 18.0 Å². The number of allylic oxidation sites excluding steroid dienone is 1. The van der Waals surface area contributed by atoms with Gasteiger partial charge in [-0.3, -0.25) is 4.79 Å². The Kier molecular flexibility index (Phi) is 10.9. The topological polar surface area (TPSA) is 159 Å². The summed E-state index contributed by atoms with van der Waals surface area (Å²) in [4.78, 5) is 49.5. The van der Waals surface area contributed by atoms with Crippen LogP contribution >= 0.6 is 0 Å². The van der Waals surface area contributed by atoms with Gasteiger partial charge in [-0.15, -0.1) is 0 Å². The lowest BCUT2D eigenvalue weighted by molar-refractivity contribution is -0.139. The van der Waals surface area contributed by atoms with Crippen molar-refractivity contribution in [3.63, 3.8) is 0 Å². The highest BCUT2D eigenvalue weighted by Crippen LogP contribution is 2.34. The second-order valence-electron chi connectivity index (χ2n) is 10.9. The molecule has 0 fully saturated rings. The van der Waals surface area contributed by atoms with Crippen molar-refractivity contribution in [3.8, 4) is 11.5 Å². The third-order valence-corrected chi connectivity index (χ3v) is 7.67. The van der Waals surface area contributed by atoms with Gasteiger partial charge < -0.3 is 34.1 Å². The van der Waals surface area contributed by atoms with Crippen LogP contribution in [0.3, 0.4) is 0 Å². The number of para-hydroxylation sites is 1. The van der Waals surface area contributed by atoms with Gasteiger partial charge in [0.1, 0.15) is 0 Å². The number of aromatic nitrogens is 1. The van der Waals surface area contributed by atoms with Crippen LogP contribution in [0.4, 0.5) is 4.79 Å². The Morgan fingerprint density at radius 3 is 2.43 bits per heavy atom. The summed E-state index contributed by atoms with van der Waals surface area (Å²) < 4.78 is 23.5. The molecule has 1 atom stereocenters. The minimum absolute atomic E-state index is 0.178. The number of amides is 3. The Bertz CT molecular complexity index is 1930. The maximum Gasteiger partial charge on any atom is 0.338 e. The Labute approximate surface area is 282 Å². The molecular weight excluding hydrogens is 630 g/mol. The van der Waals surface area contributed by atoms with E-state index in [-0.39, 0.29) is 30.5 Å². The molecule has 1 aliphatic heterocycles. The third-order valence-electron chi connectivity index (χ3n) is 7.67. The molecular formula is C36H37N5O8. The van der Waals surface area contributed by atoms with Crippen LogP contribution in [-0.4, -0.2) is 61.6 Å². The number of fused-ring (bicyclic) bond motifs is 1. The molecule has 0 saturated carbocycles. The summed E-state index contributed by atoms with van der Waals surface area (Å²) in [5.41, 5.74) is 6.97. The largest absolute Gasteiger partial charge is 0.493 e. The summed E-state index contributed by atoms with van der Waals surface area (Å²) >= 11 is 0. The summed E-state index contributed by atoms with van der Waals surface area (Å²) in [6, 6.07) is 18.8. The number of ether oxygens (including phenoxy) is 4. The standard InChI is InChI=1S/C36H37N5O8/c1-5-47-34(43)24-13-11-23(12-14-24)19-41-20-26(27-9-7-8-10-28(27)41)18-37-40-31(42)21-49-29-16-15-25(17-30(29)46-4)33-32(35(44)48-6-2)22(3)38-36(45)39-33/h7-18,20,33H,5-6,19,21H2,1-4H3,(H,40,42)(H2,38,39,45)/b37-18+/t33-/m0/s1. The van der Waals surface area contributed by atoms with Gasteiger partial charge in [0.25, 0.3) is 5.91 Å². The lowest BCUT2D eigenvalue weighted by Crippen LogP contribution is -2.45. The highest BCUT2D eigenvalue weighted by atomic mass is 16.5. The van der Waals surface area contributed by atoms with Crippen LogP contribution in [0, 0.1) is 0 Å². The number of carbonyl (C=O) groups excluding carboxylic acids is 4. The van der Waals surface area contributed by atoms with Gasteiger partial charge in [0.15, 0.2) is 18.1 Å². The van der Waals surface area contributed by atoms with Crippen molar-refractivity contribution in [3.05, 3.63) is 106 Å². The number of methoxy groups -OCH3 is 1. The van der Waals surface area contributed by atoms with Gasteiger partial charge in [-0.05, 0) is 62.2 Å². The van der Waals surface area contributed by atoms with Crippen molar-refractivity contribution < 1.29 is 38.1 Å². The van der Waals surface area contributed by atoms with E-state index in [2.05, 4.69) is 25.7 Å². The van der Waals surface area contributed by atoms with Crippen molar-refractivity contribution in [2.24, 2.45) is 5.10 Å². The summed E-state index contributed by atoms with van der Waals surface area (Å²) in [6.45, 7) is 5.80. The van der Waals surface area contributed by atoms with E-state index in [1.165, 1.54) is 7.11 Å². The molecule has 3 amide bonds. The van der Waals surface area contributed by atoms with Gasteiger partial charge in [0.2, 0.25) is 0 Å². The molecule has 4 aromatic rings. The van der Waals surface area contributed by atoms with E-state index < -0.39 is 23.9 Å². The number of hydrogen-bond acceptors (Lipinski definition) is 9. The minimum Gasteiger partial charge on any atom is -0.493 e. The molecule has 0 radical (unpaired) electrons. The first kappa shape index (κ1) is 34.2. The SMILES string of the molecule is CCOC(=O)C1=C(C)NC(=O)N[C@H]1c1ccc(OCC(=O)N/N=C/c2cn(Cc3ccc(C(=O)OCC)cc3)c3ccccc23)c(OC)c1. The molecule has 0 aliphatic carbocycles. The fraction of sp³-hybridized carbons (Fsp3) is 0.250. The molecule has 2 heterocycles. The molecule has 254 valence electrons. The van der Waals surface area contributed by atoms with Crippen molar-refractivity contribution in [2.45, 2.75) is 33.4 Å². The number of esters is 2. The number of hydrazone groups is 1. The number of nitrogens with zero attached hydrogens (tertiary/aromatic N) is 2. The number of benzene rings is 3. The van der Waals surface area contributed by atoms with E-state index in [4.69, 9.17) is 18.9 Å². The van der Waals surface area contributed by atoms with Gasteiger partial charge in [-0.1, -0.05) is 36.4 Å². The molecule has 3 N–H and O–H groups in total. The second kappa shape index (κ2) is 15.7. The Balaban J connectivity index is 1.23. The molecule has 1 aliphatic rings. The summed E-state index contributed by atoms with van der Waals surface area (Å²) in [6.07, 6.45) is 3.51. The normalized spacial score (nSPS) is 14.3. The van der Waals surface area contributed by atoms with Gasteiger partial charge in [0.05, 0.1) is 43.7 Å². The third kappa shape index (κ3) is 8.07. The first-order valence-electron chi connectivity index (χ1n) is 15.6. The van der Waals surface area contributed by atoms with Crippen LogP contribution in [-0.2, 0) is 25.6 Å². The van der Waals surface area contributed by atoms with Gasteiger partial charge in [0, 0.05) is 34.9 Å². The maximum atomic E-state index is 12.7. The van der Waals surface area contributed by atoms with Crippen molar-refractivity contribution in [2.75, 3.05) is 26.9 Å². The Hall–Kier alpha value is -6.11. The second-order valence-corrected chi connectivity index (χ2v) is 10.9. The smallest absolute Gasteiger partial charge is 0.338 e. The molecule has 5 rings (SSSR count). The fourth-order valence-corrected chi connectivity index (χ4v) is 5.42. The summed E-state index contributed by atoms with van der Waals surface area (Å²) in [5.74, 6) is -0.832. The zero-order chi connectivity index (χ0) is 34.9. The molecule has 49 heavy (non-hydrogen) atoms. The average molecular weight is 668 g/mol. The van der Waals surface area contributed by atoms with Gasteiger partial charge in [-0.2, -0.15) is 5.10 Å². The highest BCUT2D eigenvalue weighted by Gasteiger charge is 2.32. The lowest BCUT2D eigenvalue weighted by Gasteiger charge is -2.28. The summed E-state index contributed by atoms with van der Waals surface area (Å²) in [5, 5.41) is 10.4. The van der Waals surface area contributed by atoms with Crippen LogP contribution in [0.2, 0.25) is 0 Å². The quantitative estimate of drug-likeness (QED) is 0.106. The average Bonchev–Trinajstić information content (AvgIpc) is 3.44. The van der Waals surface area contributed by atoms with E-state index in [9.17, 15) is 19.2 Å². The number of rotatable bonds is 13. The number of hydrogen-bond donors (Lipinski definition) is 3. The molecule has 0 bridgehead atoms. The predicted octanol–water partition coefficient (Wildman–Crippen LogP) is 4.60. The molecule has 0 spiro atoms. The van der Waals surface area contributed by atoms with Gasteiger partial charge in [-0.25, -0.2) is 19.8 Å². The fourth-order valence-electron chi connectivity index (χ4n) is 5.42. The first-order valence-corrected chi connectivity index (χ1v) is 15.6. The number of carbonyl (C=O) groups is 4.